The van der Waals surface area contributed by atoms with Gasteiger partial charge in [0, 0.05) is 6.61 Å². The molecule has 1 saturated heterocycles. The van der Waals surface area contributed by atoms with Crippen LogP contribution in [0.3, 0.4) is 0 Å². The normalized spacial score (nSPS) is 34.8. The molecule has 2 nitrogen and oxygen atoms in total. The highest BCUT2D eigenvalue weighted by Gasteiger charge is 2.33. The van der Waals surface area contributed by atoms with E-state index >= 15 is 0 Å². The predicted molar refractivity (Wildman–Crippen MR) is 39.8 cm³/mol. The van der Waals surface area contributed by atoms with E-state index in [1.807, 2.05) is 0 Å². The van der Waals surface area contributed by atoms with Gasteiger partial charge in [-0.05, 0) is 26.2 Å². The van der Waals surface area contributed by atoms with Gasteiger partial charge in [0.1, 0.15) is 0 Å². The van der Waals surface area contributed by atoms with Crippen molar-refractivity contribution in [3.8, 4) is 0 Å². The number of hydrogen-bond donors (Lipinski definition) is 1. The van der Waals surface area contributed by atoms with Crippen molar-refractivity contribution in [2.75, 3.05) is 6.61 Å². The molecule has 0 spiro atoms. The van der Waals surface area contributed by atoms with Crippen LogP contribution in [0.25, 0.3) is 0 Å². The second kappa shape index (κ2) is 2.51. The Morgan fingerprint density at radius 1 is 1.50 bits per heavy atom. The smallest absolute Gasteiger partial charge is 0.0860 e. The van der Waals surface area contributed by atoms with Gasteiger partial charge in [0.2, 0.25) is 0 Å². The van der Waals surface area contributed by atoms with E-state index in [0.717, 1.165) is 13.0 Å². The van der Waals surface area contributed by atoms with E-state index in [1.165, 1.54) is 0 Å². The van der Waals surface area contributed by atoms with Gasteiger partial charge >= 0.3 is 0 Å². The van der Waals surface area contributed by atoms with Crippen LogP contribution in [-0.4, -0.2) is 23.4 Å². The lowest BCUT2D eigenvalue weighted by molar-refractivity contribution is -0.0600. The fourth-order valence-electron chi connectivity index (χ4n) is 1.27. The molecule has 0 aromatic rings. The Labute approximate surface area is 62.2 Å². The lowest BCUT2D eigenvalue weighted by Gasteiger charge is -2.24. The van der Waals surface area contributed by atoms with Crippen LogP contribution < -0.4 is 0 Å². The quantitative estimate of drug-likeness (QED) is 0.599. The molecule has 2 heteroatoms. The largest absolute Gasteiger partial charge is 0.388 e. The molecule has 1 rings (SSSR count). The van der Waals surface area contributed by atoms with Crippen LogP contribution in [0.1, 0.15) is 27.2 Å². The summed E-state index contributed by atoms with van der Waals surface area (Å²) in [5.41, 5.74) is -0.662. The minimum atomic E-state index is -0.662. The molecule has 2 unspecified atom stereocenters. The summed E-state index contributed by atoms with van der Waals surface area (Å²) >= 11 is 0. The van der Waals surface area contributed by atoms with E-state index in [2.05, 4.69) is 6.92 Å². The van der Waals surface area contributed by atoms with Crippen molar-refractivity contribution in [3.63, 3.8) is 0 Å². The summed E-state index contributed by atoms with van der Waals surface area (Å²) in [5.74, 6) is 0.608. The van der Waals surface area contributed by atoms with Gasteiger partial charge in [0.25, 0.3) is 0 Å². The molecule has 60 valence electrons. The maximum atomic E-state index is 9.51. The molecule has 0 aromatic carbocycles. The van der Waals surface area contributed by atoms with Crippen LogP contribution in [-0.2, 0) is 4.74 Å². The van der Waals surface area contributed by atoms with Gasteiger partial charge in [-0.2, -0.15) is 0 Å². The van der Waals surface area contributed by atoms with Gasteiger partial charge in [-0.25, -0.2) is 0 Å². The Balaban J connectivity index is 2.45. The van der Waals surface area contributed by atoms with Gasteiger partial charge in [-0.3, -0.25) is 0 Å². The van der Waals surface area contributed by atoms with Gasteiger partial charge in [0.05, 0.1) is 11.7 Å². The SMILES string of the molecule is CC1COC(C(C)(C)O)C1. The van der Waals surface area contributed by atoms with Gasteiger partial charge in [-0.15, -0.1) is 0 Å². The maximum absolute atomic E-state index is 9.51. The van der Waals surface area contributed by atoms with Crippen molar-refractivity contribution in [3.05, 3.63) is 0 Å². The molecule has 10 heavy (non-hydrogen) atoms. The Hall–Kier alpha value is -0.0800. The molecule has 0 aromatic heterocycles. The third-order valence-corrected chi connectivity index (χ3v) is 1.99. The summed E-state index contributed by atoms with van der Waals surface area (Å²) < 4.78 is 5.38. The first kappa shape index (κ1) is 8.02. The second-order valence-corrected chi connectivity index (χ2v) is 3.82. The topological polar surface area (TPSA) is 29.5 Å². The average Bonchev–Trinajstić information content (AvgIpc) is 2.11. The third kappa shape index (κ3) is 1.70. The zero-order valence-electron chi connectivity index (χ0n) is 6.92. The highest BCUT2D eigenvalue weighted by molar-refractivity contribution is 4.83. The number of aliphatic hydroxyl groups is 1. The summed E-state index contributed by atoms with van der Waals surface area (Å²) in [7, 11) is 0. The van der Waals surface area contributed by atoms with E-state index in [0.29, 0.717) is 5.92 Å². The number of ether oxygens (including phenoxy) is 1. The van der Waals surface area contributed by atoms with Gasteiger partial charge in [-0.1, -0.05) is 6.92 Å². The number of hydrogen-bond acceptors (Lipinski definition) is 2. The summed E-state index contributed by atoms with van der Waals surface area (Å²) in [6.07, 6.45) is 1.03. The Morgan fingerprint density at radius 3 is 2.30 bits per heavy atom. The molecule has 1 aliphatic heterocycles. The molecule has 0 amide bonds. The zero-order valence-corrected chi connectivity index (χ0v) is 6.92. The molecule has 2 atom stereocenters. The Bertz CT molecular complexity index is 115. The summed E-state index contributed by atoms with van der Waals surface area (Å²) in [4.78, 5) is 0. The van der Waals surface area contributed by atoms with Gasteiger partial charge in [0.15, 0.2) is 0 Å². The average molecular weight is 144 g/mol. The van der Waals surface area contributed by atoms with E-state index in [-0.39, 0.29) is 6.10 Å². The lowest BCUT2D eigenvalue weighted by atomic mass is 9.96. The standard InChI is InChI=1S/C8H16O2/c1-6-4-7(10-5-6)8(2,3)9/h6-7,9H,4-5H2,1-3H3. The van der Waals surface area contributed by atoms with Crippen molar-refractivity contribution in [2.24, 2.45) is 5.92 Å². The third-order valence-electron chi connectivity index (χ3n) is 1.99. The molecule has 1 N–H and O–H groups in total. The van der Waals surface area contributed by atoms with Crippen molar-refractivity contribution in [1.82, 2.24) is 0 Å². The van der Waals surface area contributed by atoms with Crippen LogP contribution >= 0.6 is 0 Å². The van der Waals surface area contributed by atoms with E-state index in [4.69, 9.17) is 4.74 Å². The summed E-state index contributed by atoms with van der Waals surface area (Å²) in [6.45, 7) is 6.55. The van der Waals surface area contributed by atoms with Crippen molar-refractivity contribution < 1.29 is 9.84 Å². The monoisotopic (exact) mass is 144 g/mol. The highest BCUT2D eigenvalue weighted by Crippen LogP contribution is 2.26. The molecular formula is C8H16O2. The fraction of sp³-hybridized carbons (Fsp3) is 1.00. The van der Waals surface area contributed by atoms with Gasteiger partial charge < -0.3 is 9.84 Å². The number of rotatable bonds is 1. The zero-order chi connectivity index (χ0) is 7.78. The van der Waals surface area contributed by atoms with Crippen LogP contribution in [0, 0.1) is 5.92 Å². The first-order chi connectivity index (χ1) is 4.50. The maximum Gasteiger partial charge on any atom is 0.0860 e. The molecular weight excluding hydrogens is 128 g/mol. The van der Waals surface area contributed by atoms with E-state index < -0.39 is 5.60 Å². The van der Waals surface area contributed by atoms with Crippen molar-refractivity contribution in [2.45, 2.75) is 38.9 Å². The Kier molecular flexibility index (Phi) is 2.02. The minimum absolute atomic E-state index is 0.0440. The van der Waals surface area contributed by atoms with Crippen LogP contribution in [0.15, 0.2) is 0 Å². The highest BCUT2D eigenvalue weighted by atomic mass is 16.5. The molecule has 0 aliphatic carbocycles. The van der Waals surface area contributed by atoms with Crippen molar-refractivity contribution >= 4 is 0 Å². The lowest BCUT2D eigenvalue weighted by Crippen LogP contribution is -2.35. The molecule has 1 fully saturated rings. The molecule has 0 saturated carbocycles. The van der Waals surface area contributed by atoms with Crippen LogP contribution in [0.4, 0.5) is 0 Å². The first-order valence-electron chi connectivity index (χ1n) is 3.84. The molecule has 1 aliphatic rings. The predicted octanol–water partition coefficient (Wildman–Crippen LogP) is 1.18. The molecule has 0 bridgehead atoms. The second-order valence-electron chi connectivity index (χ2n) is 3.82. The minimum Gasteiger partial charge on any atom is -0.388 e. The molecule has 0 radical (unpaired) electrons. The van der Waals surface area contributed by atoms with Crippen LogP contribution in [0.5, 0.6) is 0 Å². The van der Waals surface area contributed by atoms with Crippen molar-refractivity contribution in [1.29, 1.82) is 0 Å². The van der Waals surface area contributed by atoms with Crippen LogP contribution in [0.2, 0.25) is 0 Å². The summed E-state index contributed by atoms with van der Waals surface area (Å²) in [6, 6.07) is 0. The fourth-order valence-corrected chi connectivity index (χ4v) is 1.27. The Morgan fingerprint density at radius 2 is 2.10 bits per heavy atom. The van der Waals surface area contributed by atoms with E-state index in [9.17, 15) is 5.11 Å². The summed E-state index contributed by atoms with van der Waals surface area (Å²) in [5, 5.41) is 9.51. The molecule has 1 heterocycles. The van der Waals surface area contributed by atoms with E-state index in [1.54, 1.807) is 13.8 Å². The first-order valence-corrected chi connectivity index (χ1v) is 3.84.